The standard InChI is InChI=1S/C36H60O9Si2/c1-31(2,3)47(13,14)43-29(27-23-39-32(4,5)42-27)30(38-22-26-18-16-15-17-19-26)36(25-41-34(8,9)45-36)35(24-40-33(6,7)44-35)28(37)20-21-46(10,11)12/h15-19,27-30,37H,22-25H2,1-14H3/t27-,28+,29-,30+,35-,36+/m0/s1. The van der Waals surface area contributed by atoms with Crippen LogP contribution in [0.3, 0.4) is 0 Å². The van der Waals surface area contributed by atoms with Crippen LogP contribution in [0, 0.1) is 11.5 Å². The molecule has 3 fully saturated rings. The first-order valence-corrected chi connectivity index (χ1v) is 23.3. The van der Waals surface area contributed by atoms with Crippen molar-refractivity contribution >= 4 is 16.4 Å². The lowest BCUT2D eigenvalue weighted by atomic mass is 9.73. The fourth-order valence-corrected chi connectivity index (χ4v) is 7.98. The van der Waals surface area contributed by atoms with Gasteiger partial charge in [0, 0.05) is 0 Å². The van der Waals surface area contributed by atoms with E-state index in [4.69, 9.17) is 37.6 Å². The second kappa shape index (κ2) is 13.2. The van der Waals surface area contributed by atoms with Gasteiger partial charge in [-0.1, -0.05) is 76.7 Å². The zero-order chi connectivity index (χ0) is 35.3. The Morgan fingerprint density at radius 3 is 1.85 bits per heavy atom. The minimum atomic E-state index is -2.50. The van der Waals surface area contributed by atoms with Gasteiger partial charge in [-0.25, -0.2) is 0 Å². The van der Waals surface area contributed by atoms with Crippen LogP contribution >= 0.6 is 0 Å². The Labute approximate surface area is 285 Å². The average Bonchev–Trinajstić information content (AvgIpc) is 3.58. The molecule has 0 spiro atoms. The molecule has 3 heterocycles. The monoisotopic (exact) mass is 692 g/mol. The molecule has 6 atom stereocenters. The van der Waals surface area contributed by atoms with Crippen LogP contribution in [0.2, 0.25) is 37.8 Å². The van der Waals surface area contributed by atoms with Crippen LogP contribution in [0.4, 0.5) is 0 Å². The van der Waals surface area contributed by atoms with E-state index in [0.29, 0.717) is 0 Å². The fourth-order valence-electron chi connectivity index (χ4n) is 6.10. The Hall–Kier alpha value is -1.15. The number of hydrogen-bond donors (Lipinski definition) is 1. The molecule has 1 aromatic rings. The highest BCUT2D eigenvalue weighted by Crippen LogP contribution is 2.53. The molecule has 0 bridgehead atoms. The molecule has 47 heavy (non-hydrogen) atoms. The summed E-state index contributed by atoms with van der Waals surface area (Å²) in [6.07, 6.45) is -3.43. The van der Waals surface area contributed by atoms with Crippen molar-refractivity contribution in [1.82, 2.24) is 0 Å². The van der Waals surface area contributed by atoms with E-state index in [2.05, 4.69) is 65.0 Å². The molecule has 3 saturated heterocycles. The van der Waals surface area contributed by atoms with Crippen LogP contribution in [0.5, 0.6) is 0 Å². The molecule has 9 nitrogen and oxygen atoms in total. The number of aliphatic hydroxyl groups excluding tert-OH is 1. The largest absolute Gasteiger partial charge is 0.408 e. The van der Waals surface area contributed by atoms with Crippen molar-refractivity contribution in [1.29, 1.82) is 0 Å². The summed E-state index contributed by atoms with van der Waals surface area (Å²) < 4.78 is 53.9. The molecule has 0 saturated carbocycles. The smallest absolute Gasteiger partial charge is 0.192 e. The van der Waals surface area contributed by atoms with E-state index in [1.165, 1.54) is 0 Å². The first-order chi connectivity index (χ1) is 21.3. The molecule has 1 N–H and O–H groups in total. The Bertz CT molecular complexity index is 1290. The summed E-state index contributed by atoms with van der Waals surface area (Å²) >= 11 is 0. The van der Waals surface area contributed by atoms with Crippen molar-refractivity contribution in [2.75, 3.05) is 19.8 Å². The van der Waals surface area contributed by atoms with E-state index in [1.807, 2.05) is 71.9 Å². The predicted molar refractivity (Wildman–Crippen MR) is 187 cm³/mol. The SMILES string of the molecule is CC1(C)OC[C@@H]([C@H](O[Si](C)(C)C(C)(C)C)[C@@H](OCc2ccccc2)[C@@]2([C@@]3([C@H](O)C#C[Si](C)(C)C)COC(C)(C)O3)COC(C)(C)O2)O1. The summed E-state index contributed by atoms with van der Waals surface area (Å²) in [5.74, 6) is 0.229. The van der Waals surface area contributed by atoms with Crippen molar-refractivity contribution in [2.24, 2.45) is 0 Å². The minimum Gasteiger partial charge on any atom is -0.408 e. The van der Waals surface area contributed by atoms with E-state index in [9.17, 15) is 5.11 Å². The molecule has 0 aliphatic carbocycles. The van der Waals surface area contributed by atoms with E-state index < -0.39 is 69.4 Å². The molecular formula is C36H60O9Si2. The molecule has 11 heteroatoms. The molecule has 3 aliphatic heterocycles. The van der Waals surface area contributed by atoms with Crippen molar-refractivity contribution in [2.45, 2.75) is 160 Å². The van der Waals surface area contributed by atoms with Gasteiger partial charge in [0.25, 0.3) is 0 Å². The van der Waals surface area contributed by atoms with Gasteiger partial charge in [-0.05, 0) is 65.2 Å². The summed E-state index contributed by atoms with van der Waals surface area (Å²) in [5, 5.41) is 12.1. The van der Waals surface area contributed by atoms with Gasteiger partial charge in [-0.3, -0.25) is 0 Å². The Kier molecular flexibility index (Phi) is 10.9. The van der Waals surface area contributed by atoms with Gasteiger partial charge in [-0.15, -0.1) is 5.54 Å². The number of benzene rings is 1. The first kappa shape index (κ1) is 38.7. The second-order valence-electron chi connectivity index (χ2n) is 17.2. The maximum Gasteiger partial charge on any atom is 0.192 e. The second-order valence-corrected chi connectivity index (χ2v) is 26.7. The number of rotatable bonds is 10. The van der Waals surface area contributed by atoms with E-state index in [0.717, 1.165) is 5.56 Å². The van der Waals surface area contributed by atoms with Gasteiger partial charge in [0.05, 0.1) is 26.4 Å². The summed E-state index contributed by atoms with van der Waals surface area (Å²) in [7, 11) is -4.41. The Morgan fingerprint density at radius 1 is 0.851 bits per heavy atom. The van der Waals surface area contributed by atoms with E-state index in [-0.39, 0.29) is 31.5 Å². The molecule has 1 aromatic carbocycles. The molecule has 3 aliphatic rings. The van der Waals surface area contributed by atoms with Crippen molar-refractivity contribution < 1.29 is 42.7 Å². The minimum absolute atomic E-state index is 0.00743. The quantitative estimate of drug-likeness (QED) is 0.221. The lowest BCUT2D eigenvalue weighted by molar-refractivity contribution is -0.302. The lowest BCUT2D eigenvalue weighted by Gasteiger charge is -2.52. The third kappa shape index (κ3) is 8.60. The molecule has 0 amide bonds. The highest BCUT2D eigenvalue weighted by molar-refractivity contribution is 6.83. The molecular weight excluding hydrogens is 633 g/mol. The molecule has 0 radical (unpaired) electrons. The molecule has 4 rings (SSSR count). The van der Waals surface area contributed by atoms with Crippen molar-refractivity contribution in [3.8, 4) is 11.5 Å². The molecule has 0 aromatic heterocycles. The van der Waals surface area contributed by atoms with Crippen LogP contribution < -0.4 is 0 Å². The van der Waals surface area contributed by atoms with E-state index in [1.54, 1.807) is 0 Å². The fraction of sp³-hybridized carbons (Fsp3) is 0.778. The normalized spacial score (nSPS) is 30.8. The maximum absolute atomic E-state index is 12.3. The van der Waals surface area contributed by atoms with Gasteiger partial charge >= 0.3 is 0 Å². The zero-order valence-corrected chi connectivity index (χ0v) is 33.2. The Balaban J connectivity index is 1.99. The van der Waals surface area contributed by atoms with Crippen LogP contribution in [0.15, 0.2) is 30.3 Å². The molecule has 0 unspecified atom stereocenters. The van der Waals surface area contributed by atoms with Crippen LogP contribution in [0.25, 0.3) is 0 Å². The van der Waals surface area contributed by atoms with Gasteiger partial charge in [0.1, 0.15) is 32.5 Å². The number of hydrogen-bond acceptors (Lipinski definition) is 9. The topological polar surface area (TPSA) is 94.1 Å². The highest BCUT2D eigenvalue weighted by atomic mass is 28.4. The van der Waals surface area contributed by atoms with Crippen LogP contribution in [-0.4, -0.2) is 94.3 Å². The van der Waals surface area contributed by atoms with Crippen LogP contribution in [0.1, 0.15) is 67.9 Å². The number of ether oxygens (including phenoxy) is 7. The van der Waals surface area contributed by atoms with Gasteiger partial charge in [0.2, 0.25) is 0 Å². The predicted octanol–water partition coefficient (Wildman–Crippen LogP) is 6.40. The van der Waals surface area contributed by atoms with Gasteiger partial charge in [-0.2, -0.15) is 0 Å². The third-order valence-electron chi connectivity index (χ3n) is 9.53. The summed E-state index contributed by atoms with van der Waals surface area (Å²) in [6, 6.07) is 9.97. The highest BCUT2D eigenvalue weighted by Gasteiger charge is 2.73. The number of aliphatic hydroxyl groups is 1. The third-order valence-corrected chi connectivity index (χ3v) is 14.9. The Morgan fingerprint density at radius 2 is 1.40 bits per heavy atom. The lowest BCUT2D eigenvalue weighted by Crippen LogP contribution is -2.74. The molecule has 266 valence electrons. The van der Waals surface area contributed by atoms with Crippen LogP contribution in [-0.2, 0) is 44.2 Å². The summed E-state index contributed by atoms with van der Waals surface area (Å²) in [4.78, 5) is 0. The van der Waals surface area contributed by atoms with Crippen molar-refractivity contribution in [3.63, 3.8) is 0 Å². The zero-order valence-electron chi connectivity index (χ0n) is 31.2. The summed E-state index contributed by atoms with van der Waals surface area (Å²) in [6.45, 7) is 29.2. The average molecular weight is 693 g/mol. The van der Waals surface area contributed by atoms with Gasteiger partial charge < -0.3 is 42.7 Å². The van der Waals surface area contributed by atoms with Gasteiger partial charge in [0.15, 0.2) is 36.9 Å². The first-order valence-electron chi connectivity index (χ1n) is 16.9. The summed E-state index contributed by atoms with van der Waals surface area (Å²) in [5.41, 5.74) is 1.34. The van der Waals surface area contributed by atoms with E-state index >= 15 is 0 Å². The van der Waals surface area contributed by atoms with Crippen molar-refractivity contribution in [3.05, 3.63) is 35.9 Å². The maximum atomic E-state index is 12.3.